The third-order valence-corrected chi connectivity index (χ3v) is 8.28. The molecule has 0 bridgehead atoms. The minimum Gasteiger partial charge on any atom is -0.507 e. The number of methoxy groups -OCH3 is 1. The zero-order chi connectivity index (χ0) is 24.8. The fourth-order valence-corrected chi connectivity index (χ4v) is 6.43. The van der Waals surface area contributed by atoms with Crippen LogP contribution in [0.5, 0.6) is 11.5 Å². The first kappa shape index (κ1) is 26.5. The maximum atomic E-state index is 13.2. The van der Waals surface area contributed by atoms with Crippen molar-refractivity contribution in [2.24, 2.45) is 11.8 Å². The first-order valence-electron chi connectivity index (χ1n) is 12.4. The van der Waals surface area contributed by atoms with Gasteiger partial charge in [0.25, 0.3) is 0 Å². The summed E-state index contributed by atoms with van der Waals surface area (Å²) in [5.74, 6) is 2.44. The molecule has 1 amide bonds. The Morgan fingerprint density at radius 1 is 1.35 bits per heavy atom. The number of esters is 1. The molecule has 0 aromatic heterocycles. The monoisotopic (exact) mass is 489 g/mol. The molecule has 1 aromatic rings. The number of benzene rings is 1. The number of rotatable bonds is 9. The molecule has 2 atom stereocenters. The van der Waals surface area contributed by atoms with E-state index in [2.05, 4.69) is 13.0 Å². The molecule has 0 radical (unpaired) electrons. The van der Waals surface area contributed by atoms with Crippen LogP contribution in [0.1, 0.15) is 72.5 Å². The summed E-state index contributed by atoms with van der Waals surface area (Å²) < 4.78 is 10.9. The Labute approximate surface area is 208 Å². The van der Waals surface area contributed by atoms with Crippen LogP contribution in [0, 0.1) is 18.8 Å². The summed E-state index contributed by atoms with van der Waals surface area (Å²) in [5, 5.41) is 11.0. The number of phenols is 1. The fourth-order valence-electron chi connectivity index (χ4n) is 5.21. The average Bonchev–Trinajstić information content (AvgIpc) is 3.06. The van der Waals surface area contributed by atoms with E-state index in [4.69, 9.17) is 9.47 Å². The zero-order valence-corrected chi connectivity index (χ0v) is 22.1. The first-order valence-corrected chi connectivity index (χ1v) is 13.5. The molecule has 6 nitrogen and oxygen atoms in total. The van der Waals surface area contributed by atoms with Crippen LogP contribution in [-0.2, 0) is 22.6 Å². The molecule has 0 saturated carbocycles. The second-order valence-corrected chi connectivity index (χ2v) is 10.7. The first-order chi connectivity index (χ1) is 16.3. The van der Waals surface area contributed by atoms with Crippen molar-refractivity contribution in [2.75, 3.05) is 32.7 Å². The number of carbonyl (C=O) groups excluding carboxylic acids is 2. The van der Waals surface area contributed by atoms with E-state index in [1.54, 1.807) is 12.0 Å². The lowest BCUT2D eigenvalue weighted by Crippen LogP contribution is -2.36. The SMILES string of the molecule is CCCCCC(C(=O)N(C)C)C1CSCCC/C1=C\Cc1c(O)c2c(c(C)c1OC)COC2=O. The van der Waals surface area contributed by atoms with Crippen molar-refractivity contribution in [3.63, 3.8) is 0 Å². The number of aromatic hydroxyl groups is 1. The van der Waals surface area contributed by atoms with Crippen LogP contribution in [0.3, 0.4) is 0 Å². The van der Waals surface area contributed by atoms with E-state index in [0.717, 1.165) is 55.6 Å². The number of carbonyl (C=O) groups is 2. The van der Waals surface area contributed by atoms with Crippen LogP contribution in [0.4, 0.5) is 0 Å². The van der Waals surface area contributed by atoms with Crippen molar-refractivity contribution in [3.8, 4) is 11.5 Å². The highest BCUT2D eigenvalue weighted by molar-refractivity contribution is 7.99. The summed E-state index contributed by atoms with van der Waals surface area (Å²) in [6.07, 6.45) is 8.85. The van der Waals surface area contributed by atoms with Gasteiger partial charge < -0.3 is 19.5 Å². The van der Waals surface area contributed by atoms with Gasteiger partial charge >= 0.3 is 5.97 Å². The summed E-state index contributed by atoms with van der Waals surface area (Å²) in [5.41, 5.74) is 3.70. The lowest BCUT2D eigenvalue weighted by Gasteiger charge is -2.29. The summed E-state index contributed by atoms with van der Waals surface area (Å²) in [6, 6.07) is 0. The lowest BCUT2D eigenvalue weighted by atomic mass is 9.80. The molecule has 3 rings (SSSR count). The molecule has 1 saturated heterocycles. The number of phenolic OH excluding ortho intramolecular Hbond substituents is 1. The highest BCUT2D eigenvalue weighted by atomic mass is 32.2. The fraction of sp³-hybridized carbons (Fsp3) is 0.630. The zero-order valence-electron chi connectivity index (χ0n) is 21.2. The number of cyclic esters (lactones) is 1. The molecule has 34 heavy (non-hydrogen) atoms. The molecule has 0 spiro atoms. The predicted molar refractivity (Wildman–Crippen MR) is 137 cm³/mol. The second-order valence-electron chi connectivity index (χ2n) is 9.52. The standard InChI is InChI=1S/C27H39NO5S/c1-6-7-8-11-19(26(30)28(3)4)22-16-34-14-9-10-18(22)12-13-20-24(29)23-21(15-33-27(23)31)17(2)25(20)32-5/h12,19,22,29H,6-11,13-16H2,1-5H3/b18-12+. The molecule has 7 heteroatoms. The minimum atomic E-state index is -0.483. The van der Waals surface area contributed by atoms with Crippen LogP contribution in [0.25, 0.3) is 0 Å². The maximum Gasteiger partial charge on any atom is 0.342 e. The van der Waals surface area contributed by atoms with E-state index in [1.807, 2.05) is 32.8 Å². The van der Waals surface area contributed by atoms with Crippen molar-refractivity contribution in [1.29, 1.82) is 0 Å². The van der Waals surface area contributed by atoms with Gasteiger partial charge in [0.05, 0.1) is 7.11 Å². The van der Waals surface area contributed by atoms with Crippen LogP contribution in [-0.4, -0.2) is 54.6 Å². The Kier molecular flexibility index (Phi) is 9.34. The van der Waals surface area contributed by atoms with E-state index in [9.17, 15) is 14.7 Å². The van der Waals surface area contributed by atoms with Crippen LogP contribution in [0.15, 0.2) is 11.6 Å². The molecule has 1 aromatic carbocycles. The number of nitrogens with zero attached hydrogens (tertiary/aromatic N) is 1. The Hall–Kier alpha value is -2.15. The number of fused-ring (bicyclic) bond motifs is 1. The van der Waals surface area contributed by atoms with E-state index in [0.29, 0.717) is 23.3 Å². The van der Waals surface area contributed by atoms with Crippen molar-refractivity contribution in [3.05, 3.63) is 33.9 Å². The topological polar surface area (TPSA) is 76.1 Å². The predicted octanol–water partition coefficient (Wildman–Crippen LogP) is 5.28. The number of allylic oxidation sites excluding steroid dienone is 2. The van der Waals surface area contributed by atoms with Crippen LogP contribution >= 0.6 is 11.8 Å². The van der Waals surface area contributed by atoms with Gasteiger partial charge in [-0.2, -0.15) is 11.8 Å². The van der Waals surface area contributed by atoms with Crippen molar-refractivity contribution in [1.82, 2.24) is 4.90 Å². The van der Waals surface area contributed by atoms with Gasteiger partial charge in [0.1, 0.15) is 23.7 Å². The third-order valence-electron chi connectivity index (χ3n) is 7.11. The largest absolute Gasteiger partial charge is 0.507 e. The summed E-state index contributed by atoms with van der Waals surface area (Å²) in [7, 11) is 5.28. The summed E-state index contributed by atoms with van der Waals surface area (Å²) >= 11 is 1.93. The van der Waals surface area contributed by atoms with Gasteiger partial charge in [-0.1, -0.05) is 37.8 Å². The summed E-state index contributed by atoms with van der Waals surface area (Å²) in [6.45, 7) is 4.25. The second kappa shape index (κ2) is 12.0. The number of hydrogen-bond acceptors (Lipinski definition) is 6. The lowest BCUT2D eigenvalue weighted by molar-refractivity contribution is -0.134. The molecule has 2 unspecified atom stereocenters. The van der Waals surface area contributed by atoms with Crippen LogP contribution < -0.4 is 4.74 Å². The molecule has 1 N–H and O–H groups in total. The summed E-state index contributed by atoms with van der Waals surface area (Å²) in [4.78, 5) is 27.2. The van der Waals surface area contributed by atoms with Gasteiger partial charge in [-0.25, -0.2) is 4.79 Å². The molecular weight excluding hydrogens is 450 g/mol. The van der Waals surface area contributed by atoms with E-state index in [1.165, 1.54) is 5.57 Å². The van der Waals surface area contributed by atoms with Crippen LogP contribution in [0.2, 0.25) is 0 Å². The van der Waals surface area contributed by atoms with Gasteiger partial charge in [-0.05, 0) is 43.9 Å². The average molecular weight is 490 g/mol. The van der Waals surface area contributed by atoms with E-state index < -0.39 is 5.97 Å². The molecule has 188 valence electrons. The smallest absolute Gasteiger partial charge is 0.342 e. The molecular formula is C27H39NO5S. The van der Waals surface area contributed by atoms with Crippen molar-refractivity contribution in [2.45, 2.75) is 65.4 Å². The Bertz CT molecular complexity index is 940. The highest BCUT2D eigenvalue weighted by Gasteiger charge is 2.34. The van der Waals surface area contributed by atoms with E-state index >= 15 is 0 Å². The number of thioether (sulfide) groups is 1. The molecule has 0 aliphatic carbocycles. The van der Waals surface area contributed by atoms with Crippen molar-refractivity contribution < 1.29 is 24.2 Å². The number of unbranched alkanes of at least 4 members (excludes halogenated alkanes) is 2. The van der Waals surface area contributed by atoms with Gasteiger partial charge in [0.15, 0.2) is 0 Å². The van der Waals surface area contributed by atoms with Gasteiger partial charge in [0.2, 0.25) is 5.91 Å². The normalized spacial score (nSPS) is 20.0. The van der Waals surface area contributed by atoms with Gasteiger partial charge in [0, 0.05) is 42.8 Å². The number of amides is 1. The highest BCUT2D eigenvalue weighted by Crippen LogP contribution is 2.43. The maximum absolute atomic E-state index is 13.2. The Morgan fingerprint density at radius 2 is 2.12 bits per heavy atom. The number of hydrogen-bond donors (Lipinski definition) is 1. The third kappa shape index (κ3) is 5.56. The Morgan fingerprint density at radius 3 is 2.79 bits per heavy atom. The van der Waals surface area contributed by atoms with E-state index in [-0.39, 0.29) is 35.7 Å². The van der Waals surface area contributed by atoms with Gasteiger partial charge in [-0.3, -0.25) is 4.79 Å². The molecule has 2 aliphatic rings. The van der Waals surface area contributed by atoms with Crippen molar-refractivity contribution >= 4 is 23.6 Å². The molecule has 2 aliphatic heterocycles. The molecule has 1 fully saturated rings. The molecule has 2 heterocycles. The Balaban J connectivity index is 1.98. The number of ether oxygens (including phenoxy) is 2. The van der Waals surface area contributed by atoms with Gasteiger partial charge in [-0.15, -0.1) is 0 Å². The minimum absolute atomic E-state index is 0.0365. The quantitative estimate of drug-likeness (QED) is 0.289.